The van der Waals surface area contributed by atoms with Crippen molar-refractivity contribution in [3.63, 3.8) is 0 Å². The first kappa shape index (κ1) is 10.2. The average molecular weight is 252 g/mol. The number of nitrogens with one attached hydrogen (secondary N) is 2. The Morgan fingerprint density at radius 2 is 2.05 bits per heavy atom. The number of nitrogens with zero attached hydrogens (tertiary/aromatic N) is 4. The third-order valence-corrected chi connectivity index (χ3v) is 2.84. The van der Waals surface area contributed by atoms with Crippen LogP contribution >= 0.6 is 0 Å². The fourth-order valence-electron chi connectivity index (χ4n) is 1.97. The lowest BCUT2D eigenvalue weighted by Crippen LogP contribution is -2.22. The Bertz CT molecular complexity index is 816. The molecular weight excluding hydrogens is 244 g/mol. The molecular formula is C12H8N6O. The van der Waals surface area contributed by atoms with Gasteiger partial charge in [-0.05, 0) is 12.1 Å². The van der Waals surface area contributed by atoms with E-state index in [1.165, 1.54) is 6.26 Å². The zero-order valence-electron chi connectivity index (χ0n) is 9.66. The standard InChI is InChI=1S/C12H8N6O/c1-2-8-11(10-7(1)5-13-3-4-14-10)16-12(15-8)9-6-19-18-17-9/h1-6,17-18H. The molecule has 3 heterocycles. The molecule has 4 rings (SSSR count). The first-order chi connectivity index (χ1) is 9.42. The lowest BCUT2D eigenvalue weighted by atomic mass is 10.2. The Hall–Kier alpha value is -2.80. The maximum atomic E-state index is 4.88. The Labute approximate surface area is 107 Å². The highest BCUT2D eigenvalue weighted by atomic mass is 16.7. The topological polar surface area (TPSA) is 84.9 Å². The molecule has 0 atom stereocenters. The van der Waals surface area contributed by atoms with Gasteiger partial charge in [0, 0.05) is 24.0 Å². The molecule has 0 bridgehead atoms. The van der Waals surface area contributed by atoms with Crippen LogP contribution in [0.1, 0.15) is 5.82 Å². The Morgan fingerprint density at radius 1 is 1.05 bits per heavy atom. The molecule has 0 unspecified atom stereocenters. The van der Waals surface area contributed by atoms with Crippen molar-refractivity contribution in [2.75, 3.05) is 0 Å². The number of hydrazine groups is 1. The molecule has 2 aromatic heterocycles. The van der Waals surface area contributed by atoms with Crippen LogP contribution in [0.25, 0.3) is 27.6 Å². The van der Waals surface area contributed by atoms with Crippen LogP contribution in [0.5, 0.6) is 0 Å². The molecule has 7 nitrogen and oxygen atoms in total. The van der Waals surface area contributed by atoms with Crippen molar-refractivity contribution in [2.24, 2.45) is 0 Å². The van der Waals surface area contributed by atoms with Crippen LogP contribution in [0.2, 0.25) is 0 Å². The SMILES string of the molecule is C1=C(c2nc3ccc4cnccnc4c3n2)NNO1. The van der Waals surface area contributed by atoms with E-state index in [1.54, 1.807) is 18.6 Å². The van der Waals surface area contributed by atoms with Gasteiger partial charge in [0.05, 0.1) is 11.0 Å². The predicted octanol–water partition coefficient (Wildman–Crippen LogP) is 0.911. The third kappa shape index (κ3) is 1.56. The number of hydrogen-bond donors (Lipinski definition) is 2. The smallest absolute Gasteiger partial charge is 0.181 e. The zero-order chi connectivity index (χ0) is 12.7. The van der Waals surface area contributed by atoms with E-state index in [2.05, 4.69) is 31.0 Å². The molecule has 1 aliphatic heterocycles. The fourth-order valence-corrected chi connectivity index (χ4v) is 1.97. The van der Waals surface area contributed by atoms with Crippen molar-refractivity contribution < 1.29 is 4.84 Å². The highest BCUT2D eigenvalue weighted by molar-refractivity contribution is 6.01. The quantitative estimate of drug-likeness (QED) is 0.665. The molecule has 3 aromatic rings. The van der Waals surface area contributed by atoms with Gasteiger partial charge in [-0.1, -0.05) is 5.59 Å². The normalized spacial score (nSPS) is 14.2. The molecule has 0 radical (unpaired) electrons. The molecule has 1 aromatic carbocycles. The first-order valence-electron chi connectivity index (χ1n) is 5.65. The second kappa shape index (κ2) is 3.85. The van der Waals surface area contributed by atoms with Crippen LogP contribution in [0.15, 0.2) is 37.0 Å². The monoisotopic (exact) mass is 252 g/mol. The van der Waals surface area contributed by atoms with Gasteiger partial charge in [-0.3, -0.25) is 15.4 Å². The number of fused-ring (bicyclic) bond motifs is 3. The molecule has 2 N–H and O–H groups in total. The van der Waals surface area contributed by atoms with E-state index in [9.17, 15) is 0 Å². The van der Waals surface area contributed by atoms with Crippen molar-refractivity contribution in [3.05, 3.63) is 42.8 Å². The van der Waals surface area contributed by atoms with E-state index in [4.69, 9.17) is 4.84 Å². The van der Waals surface area contributed by atoms with Crippen molar-refractivity contribution in [1.82, 2.24) is 31.0 Å². The van der Waals surface area contributed by atoms with Crippen LogP contribution in [0, 0.1) is 0 Å². The molecule has 92 valence electrons. The average Bonchev–Trinajstić information content (AvgIpc) is 3.03. The maximum Gasteiger partial charge on any atom is 0.181 e. The van der Waals surface area contributed by atoms with Crippen molar-refractivity contribution in [1.29, 1.82) is 0 Å². The van der Waals surface area contributed by atoms with E-state index >= 15 is 0 Å². The second-order valence-corrected chi connectivity index (χ2v) is 4.00. The number of imidazole rings is 1. The molecule has 0 amide bonds. The largest absolute Gasteiger partial charge is 0.395 e. The highest BCUT2D eigenvalue weighted by Crippen LogP contribution is 2.22. The minimum atomic E-state index is 0.564. The molecule has 1 aliphatic rings. The Morgan fingerprint density at radius 3 is 2.95 bits per heavy atom. The molecule has 19 heavy (non-hydrogen) atoms. The van der Waals surface area contributed by atoms with Crippen LogP contribution in [-0.4, -0.2) is 19.9 Å². The number of hydrogen-bond acceptors (Lipinski definition) is 7. The summed E-state index contributed by atoms with van der Waals surface area (Å²) in [5, 5.41) is 0.923. The van der Waals surface area contributed by atoms with Gasteiger partial charge in [-0.15, -0.1) is 0 Å². The third-order valence-electron chi connectivity index (χ3n) is 2.84. The zero-order valence-corrected chi connectivity index (χ0v) is 9.66. The van der Waals surface area contributed by atoms with Crippen molar-refractivity contribution in [2.45, 2.75) is 0 Å². The lowest BCUT2D eigenvalue weighted by molar-refractivity contribution is 0.138. The van der Waals surface area contributed by atoms with E-state index in [0.29, 0.717) is 11.5 Å². The minimum absolute atomic E-state index is 0.564. The minimum Gasteiger partial charge on any atom is -0.395 e. The molecule has 0 saturated heterocycles. The van der Waals surface area contributed by atoms with Crippen molar-refractivity contribution >= 4 is 27.6 Å². The van der Waals surface area contributed by atoms with E-state index in [1.807, 2.05) is 12.1 Å². The van der Waals surface area contributed by atoms with Crippen LogP contribution in [-0.2, 0) is 4.84 Å². The summed E-state index contributed by atoms with van der Waals surface area (Å²) in [6, 6.07) is 3.84. The van der Waals surface area contributed by atoms with Crippen molar-refractivity contribution in [3.8, 4) is 0 Å². The fraction of sp³-hybridized carbons (Fsp3) is 0. The number of rotatable bonds is 1. The number of benzene rings is 1. The van der Waals surface area contributed by atoms with Gasteiger partial charge in [0.2, 0.25) is 0 Å². The summed E-state index contributed by atoms with van der Waals surface area (Å²) in [4.78, 5) is 22.3. The first-order valence-corrected chi connectivity index (χ1v) is 5.65. The van der Waals surface area contributed by atoms with Gasteiger partial charge in [-0.25, -0.2) is 9.97 Å². The summed E-state index contributed by atoms with van der Waals surface area (Å²) >= 11 is 0. The van der Waals surface area contributed by atoms with E-state index in [0.717, 1.165) is 21.9 Å². The highest BCUT2D eigenvalue weighted by Gasteiger charge is 2.15. The summed E-state index contributed by atoms with van der Waals surface area (Å²) < 4.78 is 0. The van der Waals surface area contributed by atoms with Gasteiger partial charge in [-0.2, -0.15) is 0 Å². The van der Waals surface area contributed by atoms with Gasteiger partial charge in [0.25, 0.3) is 0 Å². The van der Waals surface area contributed by atoms with E-state index in [-0.39, 0.29) is 0 Å². The Kier molecular flexibility index (Phi) is 2.06. The van der Waals surface area contributed by atoms with Crippen LogP contribution < -0.4 is 11.0 Å². The van der Waals surface area contributed by atoms with Gasteiger partial charge < -0.3 is 4.84 Å². The summed E-state index contributed by atoms with van der Waals surface area (Å²) in [6.07, 6.45) is 6.56. The summed E-state index contributed by atoms with van der Waals surface area (Å²) in [5.41, 5.74) is 8.33. The summed E-state index contributed by atoms with van der Waals surface area (Å²) in [7, 11) is 0. The van der Waals surface area contributed by atoms with E-state index < -0.39 is 0 Å². The molecule has 0 saturated carbocycles. The summed E-state index contributed by atoms with van der Waals surface area (Å²) in [5.74, 6) is 0.564. The number of aromatic nitrogens is 4. The molecule has 7 heteroatoms. The molecule has 0 spiro atoms. The second-order valence-electron chi connectivity index (χ2n) is 4.00. The maximum absolute atomic E-state index is 4.88. The van der Waals surface area contributed by atoms with Crippen LogP contribution in [0.4, 0.5) is 0 Å². The van der Waals surface area contributed by atoms with Crippen LogP contribution in [0.3, 0.4) is 0 Å². The Balaban J connectivity index is 2.03. The van der Waals surface area contributed by atoms with Gasteiger partial charge in [0.1, 0.15) is 17.5 Å². The molecule has 0 fully saturated rings. The van der Waals surface area contributed by atoms with Gasteiger partial charge in [0.15, 0.2) is 5.82 Å². The lowest BCUT2D eigenvalue weighted by Gasteiger charge is -1.93. The van der Waals surface area contributed by atoms with Gasteiger partial charge >= 0.3 is 0 Å². The molecule has 0 aliphatic carbocycles. The predicted molar refractivity (Wildman–Crippen MR) is 68.0 cm³/mol. The summed E-state index contributed by atoms with van der Waals surface area (Å²) in [6.45, 7) is 0.